The molecule has 308 valence electrons. The summed E-state index contributed by atoms with van der Waals surface area (Å²) in [6.45, 7) is -7.18. The number of nitrogens with one attached hydrogen (secondary N) is 3. The predicted molar refractivity (Wildman–Crippen MR) is 204 cm³/mol. The zero-order valence-corrected chi connectivity index (χ0v) is 33.4. The van der Waals surface area contributed by atoms with E-state index in [1.54, 1.807) is 44.2 Å². The fourth-order valence-corrected chi connectivity index (χ4v) is 9.31. The van der Waals surface area contributed by atoms with Gasteiger partial charge in [-0.1, -0.05) is 44.3 Å². The van der Waals surface area contributed by atoms with E-state index in [0.717, 1.165) is 17.2 Å². The number of alkyl halides is 2. The summed E-state index contributed by atoms with van der Waals surface area (Å²) in [6, 6.07) is 8.32. The monoisotopic (exact) mass is 884 g/mol. The Labute approximate surface area is 335 Å². The van der Waals surface area contributed by atoms with Gasteiger partial charge in [0.25, 0.3) is 11.5 Å². The molecule has 3 aliphatic rings. The van der Waals surface area contributed by atoms with Crippen LogP contribution < -0.4 is 16.2 Å². The summed E-state index contributed by atoms with van der Waals surface area (Å²) in [5, 5.41) is 5.11. The molecule has 58 heavy (non-hydrogen) atoms. The maximum Gasteiger partial charge on any atom is 0.386 e. The highest BCUT2D eigenvalue weighted by atomic mass is 32.7. The molecular formula is C31H32F2N10O11P2S2. The summed E-state index contributed by atoms with van der Waals surface area (Å²) in [4.78, 5) is 72.2. The number of halogens is 2. The minimum Gasteiger partial charge on any atom is -0.346 e. The number of carbonyl (C=O) groups is 2. The lowest BCUT2D eigenvalue weighted by Crippen LogP contribution is -2.37. The number of imidazole rings is 2. The number of ether oxygens (including phenoxy) is 2. The number of fused-ring (bicyclic) bond motifs is 4. The van der Waals surface area contributed by atoms with Crippen molar-refractivity contribution in [3.63, 3.8) is 0 Å². The third kappa shape index (κ3) is 7.96. The van der Waals surface area contributed by atoms with Crippen LogP contribution in [0.15, 0.2) is 54.1 Å². The van der Waals surface area contributed by atoms with Crippen LogP contribution in [0.2, 0.25) is 0 Å². The normalized spacial score (nSPS) is 31.7. The number of hydrogen-bond donors (Lipinski definition) is 5. The lowest BCUT2D eigenvalue weighted by Gasteiger charge is -2.29. The molecule has 3 fully saturated rings. The average molecular weight is 885 g/mol. The number of hydrogen-bond acceptors (Lipinski definition) is 16. The van der Waals surface area contributed by atoms with Crippen molar-refractivity contribution in [1.82, 2.24) is 39.0 Å². The number of aromatic nitrogens is 8. The molecule has 2 amide bonds. The van der Waals surface area contributed by atoms with Crippen LogP contribution >= 0.6 is 25.8 Å². The van der Waals surface area contributed by atoms with Gasteiger partial charge in [-0.25, -0.2) is 33.3 Å². The molecule has 27 heteroatoms. The lowest BCUT2D eigenvalue weighted by atomic mass is 10.1. The van der Waals surface area contributed by atoms with Crippen molar-refractivity contribution < 1.29 is 55.4 Å². The van der Waals surface area contributed by atoms with Crippen molar-refractivity contribution in [2.45, 2.75) is 63.1 Å². The molecule has 0 spiro atoms. The van der Waals surface area contributed by atoms with Gasteiger partial charge in [-0.3, -0.25) is 47.4 Å². The molecule has 5 aromatic rings. The second-order valence-electron chi connectivity index (χ2n) is 13.4. The molecule has 0 saturated carbocycles. The van der Waals surface area contributed by atoms with Crippen molar-refractivity contribution >= 4 is 83.5 Å². The van der Waals surface area contributed by atoms with Crippen LogP contribution in [0.25, 0.3) is 22.3 Å². The van der Waals surface area contributed by atoms with Gasteiger partial charge in [0.1, 0.15) is 30.7 Å². The van der Waals surface area contributed by atoms with Crippen LogP contribution in [0.4, 0.5) is 20.5 Å². The number of nitrogens with zero attached hydrogens (tertiary/aromatic N) is 7. The van der Waals surface area contributed by atoms with Crippen LogP contribution in [0.1, 0.15) is 36.7 Å². The van der Waals surface area contributed by atoms with E-state index in [-0.39, 0.29) is 34.1 Å². The van der Waals surface area contributed by atoms with Crippen LogP contribution in [0, 0.1) is 5.92 Å². The summed E-state index contributed by atoms with van der Waals surface area (Å²) in [6.07, 6.45) is -10.6. The number of anilines is 2. The van der Waals surface area contributed by atoms with Crippen molar-refractivity contribution in [1.29, 1.82) is 0 Å². The molecule has 0 bridgehead atoms. The molecule has 4 aromatic heterocycles. The topological polar surface area (TPSA) is 258 Å². The van der Waals surface area contributed by atoms with Crippen molar-refractivity contribution in [2.75, 3.05) is 23.8 Å². The Balaban J connectivity index is 1.03. The van der Waals surface area contributed by atoms with E-state index in [1.807, 2.05) is 0 Å². The fraction of sp³-hybridized carbons (Fsp3) is 0.419. The van der Waals surface area contributed by atoms with Crippen LogP contribution in [0.5, 0.6) is 0 Å². The zero-order chi connectivity index (χ0) is 41.1. The largest absolute Gasteiger partial charge is 0.386 e. The quantitative estimate of drug-likeness (QED) is 0.121. The molecule has 21 nitrogen and oxygen atoms in total. The standard InChI is InChI=1S/C31H32F2N10O11P2S2/c1-13(2)26(44)40-31-39-25-20(28(46)41-31)37-12-43(25)30-18(33)22-16(52-30)9-50-55(47,57)53-21-15(8-49-56(48,58)54-22)51-29(17(21)32)42-11-36-19-23(34-10-35-24(19)42)38-27(45)14-6-4-3-5-7-14/h3-7,10-13,15-18,21-22,29-30H,8-9H2,1-2H3,(H,47,57)(H,48,58)(H,34,35,38,45)(H2,39,40,41,44,46)/t15-,16-,17-,18-,21-,22-,29-,30-,55?,56?/m1/s1. The Bertz CT molecular complexity index is 2550. The Morgan fingerprint density at radius 3 is 2.22 bits per heavy atom. The average Bonchev–Trinajstić information content (AvgIpc) is 3.94. The van der Waals surface area contributed by atoms with Gasteiger partial charge in [-0.2, -0.15) is 4.98 Å². The maximum atomic E-state index is 16.5. The summed E-state index contributed by atoms with van der Waals surface area (Å²) < 4.78 is 82.8. The van der Waals surface area contributed by atoms with Gasteiger partial charge in [0.15, 0.2) is 52.9 Å². The highest BCUT2D eigenvalue weighted by Gasteiger charge is 2.54. The third-order valence-electron chi connectivity index (χ3n) is 9.22. The van der Waals surface area contributed by atoms with Gasteiger partial charge >= 0.3 is 13.5 Å². The van der Waals surface area contributed by atoms with Crippen molar-refractivity contribution in [3.05, 3.63) is 65.2 Å². The molecule has 10 atom stereocenters. The molecule has 2 unspecified atom stereocenters. The van der Waals surface area contributed by atoms with Crippen LogP contribution in [-0.2, 0) is 48.7 Å². The Morgan fingerprint density at radius 1 is 0.931 bits per heavy atom. The maximum absolute atomic E-state index is 16.5. The number of amides is 2. The van der Waals surface area contributed by atoms with Gasteiger partial charge in [0.05, 0.1) is 25.9 Å². The fourth-order valence-electron chi connectivity index (χ4n) is 6.39. The Morgan fingerprint density at radius 2 is 1.55 bits per heavy atom. The highest BCUT2D eigenvalue weighted by molar-refractivity contribution is 8.44. The van der Waals surface area contributed by atoms with Crippen LogP contribution in [-0.4, -0.2) is 106 Å². The van der Waals surface area contributed by atoms with Gasteiger partial charge in [-0.15, -0.1) is 0 Å². The number of rotatable bonds is 6. The summed E-state index contributed by atoms with van der Waals surface area (Å²) in [7, 11) is 0. The van der Waals surface area contributed by atoms with E-state index in [9.17, 15) is 23.8 Å². The first-order valence-corrected chi connectivity index (χ1v) is 22.6. The SMILES string of the molecule is CC(C)C(=O)Nc1nc2c(ncn2[C@@H]2O[C@@H]3COP(O)(=S)O[C@H]4[C@@H](F)[C@H](n5cnc6c(NC(=O)c7ccccc7)ncnc65)O[C@@H]4COP(=O)(S)O[C@H]3[C@H]2F)c(=O)[nH]1. The van der Waals surface area contributed by atoms with E-state index >= 15 is 8.78 Å². The summed E-state index contributed by atoms with van der Waals surface area (Å²) in [5.74, 6) is -1.62. The second kappa shape index (κ2) is 15.8. The first-order chi connectivity index (χ1) is 27.6. The molecule has 7 heterocycles. The van der Waals surface area contributed by atoms with Crippen molar-refractivity contribution in [2.24, 2.45) is 5.92 Å². The molecule has 0 aliphatic carbocycles. The molecule has 8 rings (SSSR count). The molecule has 4 N–H and O–H groups in total. The number of benzene rings is 1. The molecule has 1 aromatic carbocycles. The lowest BCUT2D eigenvalue weighted by molar-refractivity contribution is -0.118. The molecule has 3 saturated heterocycles. The summed E-state index contributed by atoms with van der Waals surface area (Å²) in [5.41, 5.74) is -0.679. The van der Waals surface area contributed by atoms with Gasteiger partial charge < -0.3 is 24.2 Å². The number of H-pyrrole nitrogens is 1. The number of carbonyl (C=O) groups excluding carboxylic acids is 2. The number of aromatic amines is 1. The first kappa shape index (κ1) is 40.6. The van der Waals surface area contributed by atoms with Gasteiger partial charge in [-0.05, 0) is 23.9 Å². The Kier molecular flexibility index (Phi) is 11.1. The molecule has 3 aliphatic heterocycles. The molecule has 0 radical (unpaired) electrons. The van der Waals surface area contributed by atoms with Crippen LogP contribution in [0.3, 0.4) is 0 Å². The first-order valence-electron chi connectivity index (χ1n) is 17.3. The van der Waals surface area contributed by atoms with E-state index in [1.165, 1.54) is 10.9 Å². The van der Waals surface area contributed by atoms with E-state index < -0.39 is 99.2 Å². The molecular weight excluding hydrogens is 852 g/mol. The van der Waals surface area contributed by atoms with Gasteiger partial charge in [0, 0.05) is 11.5 Å². The third-order valence-corrected chi connectivity index (χ3v) is 12.4. The predicted octanol–water partition coefficient (Wildman–Crippen LogP) is 3.35. The summed E-state index contributed by atoms with van der Waals surface area (Å²) >= 11 is 9.26. The van der Waals surface area contributed by atoms with Crippen molar-refractivity contribution in [3.8, 4) is 0 Å². The minimum atomic E-state index is -4.55. The number of thiol groups is 1. The smallest absolute Gasteiger partial charge is 0.346 e. The highest BCUT2D eigenvalue weighted by Crippen LogP contribution is 2.58. The Hall–Kier alpha value is -4.13. The second-order valence-corrected chi connectivity index (χ2v) is 19.1. The van der Waals surface area contributed by atoms with E-state index in [2.05, 4.69) is 52.8 Å². The van der Waals surface area contributed by atoms with Gasteiger partial charge in [0.2, 0.25) is 11.9 Å². The van der Waals surface area contributed by atoms with E-state index in [0.29, 0.717) is 5.56 Å². The minimum absolute atomic E-state index is 0.0247. The zero-order valence-electron chi connectivity index (χ0n) is 29.9. The van der Waals surface area contributed by atoms with E-state index in [4.69, 9.17) is 39.4 Å².